The molecule has 2 nitrogen and oxygen atoms in total. The second kappa shape index (κ2) is 12.3. The molecule has 0 amide bonds. The molecule has 0 N–H and O–H groups in total. The summed E-state index contributed by atoms with van der Waals surface area (Å²) in [4.78, 5) is 22.0. The predicted molar refractivity (Wildman–Crippen MR) is 87.6 cm³/mol. The molecule has 0 unspecified atom stereocenters. The van der Waals surface area contributed by atoms with Gasteiger partial charge in [-0.05, 0) is 12.8 Å². The van der Waals surface area contributed by atoms with Crippen LogP contribution >= 0.6 is 0 Å². The van der Waals surface area contributed by atoms with Crippen LogP contribution in [-0.4, -0.2) is 12.1 Å². The molecular weight excluding hydrogens is 260 g/mol. The summed E-state index contributed by atoms with van der Waals surface area (Å²) in [5, 5.41) is 0. The minimum atomic E-state index is 0.269. The molecule has 1 rings (SSSR count). The molecule has 0 saturated carbocycles. The van der Waals surface area contributed by atoms with Crippen LogP contribution in [0, 0.1) is 0 Å². The van der Waals surface area contributed by atoms with Crippen LogP contribution in [0.4, 0.5) is 0 Å². The average Bonchev–Trinajstić information content (AvgIpc) is 2.53. The third kappa shape index (κ3) is 9.17. The second-order valence-electron chi connectivity index (χ2n) is 5.68. The highest BCUT2D eigenvalue weighted by Gasteiger charge is 2.03. The Labute approximate surface area is 128 Å². The van der Waals surface area contributed by atoms with Crippen molar-refractivity contribution < 1.29 is 9.59 Å². The molecule has 0 spiro atoms. The zero-order valence-corrected chi connectivity index (χ0v) is 13.1. The standard InChI is InChI=1S/C19H28O2/c20-17-13-8-6-4-2-1-3-5-7-12-16-19(21)18-14-10-9-11-15-18/h9-11,14-15,17H,1-8,12-13,16H2. The van der Waals surface area contributed by atoms with E-state index in [2.05, 4.69) is 0 Å². The molecule has 0 aliphatic heterocycles. The van der Waals surface area contributed by atoms with Gasteiger partial charge in [0, 0.05) is 18.4 Å². The molecule has 0 radical (unpaired) electrons. The van der Waals surface area contributed by atoms with Crippen LogP contribution in [0.2, 0.25) is 0 Å². The number of hydrogen-bond donors (Lipinski definition) is 0. The Balaban J connectivity index is 1.89. The summed E-state index contributed by atoms with van der Waals surface area (Å²) >= 11 is 0. The van der Waals surface area contributed by atoms with Gasteiger partial charge in [-0.2, -0.15) is 0 Å². The van der Waals surface area contributed by atoms with Crippen LogP contribution in [-0.2, 0) is 4.79 Å². The Morgan fingerprint density at radius 1 is 0.762 bits per heavy atom. The van der Waals surface area contributed by atoms with Crippen molar-refractivity contribution in [1.82, 2.24) is 0 Å². The molecule has 0 atom stereocenters. The van der Waals surface area contributed by atoms with E-state index >= 15 is 0 Å². The first kappa shape index (κ1) is 17.6. The fourth-order valence-electron chi connectivity index (χ4n) is 2.52. The molecule has 0 saturated heterocycles. The summed E-state index contributed by atoms with van der Waals surface area (Å²) in [5.74, 6) is 0.269. The minimum Gasteiger partial charge on any atom is -0.303 e. The number of rotatable bonds is 13. The van der Waals surface area contributed by atoms with E-state index in [0.717, 1.165) is 37.5 Å². The summed E-state index contributed by atoms with van der Waals surface area (Å²) in [6, 6.07) is 9.57. The van der Waals surface area contributed by atoms with Crippen molar-refractivity contribution in [3.8, 4) is 0 Å². The van der Waals surface area contributed by atoms with Crippen molar-refractivity contribution in [1.29, 1.82) is 0 Å². The van der Waals surface area contributed by atoms with Crippen LogP contribution < -0.4 is 0 Å². The van der Waals surface area contributed by atoms with Gasteiger partial charge in [0.1, 0.15) is 6.29 Å². The van der Waals surface area contributed by atoms with Gasteiger partial charge in [0.05, 0.1) is 0 Å². The first-order valence-corrected chi connectivity index (χ1v) is 8.36. The van der Waals surface area contributed by atoms with E-state index in [1.165, 1.54) is 38.5 Å². The van der Waals surface area contributed by atoms with E-state index in [-0.39, 0.29) is 5.78 Å². The Bertz CT molecular complexity index is 384. The molecule has 21 heavy (non-hydrogen) atoms. The lowest BCUT2D eigenvalue weighted by atomic mass is 10.0. The fraction of sp³-hybridized carbons (Fsp3) is 0.579. The Morgan fingerprint density at radius 3 is 1.86 bits per heavy atom. The molecule has 0 aliphatic carbocycles. The Hall–Kier alpha value is -1.44. The maximum absolute atomic E-state index is 11.9. The summed E-state index contributed by atoms with van der Waals surface area (Å²) in [6.07, 6.45) is 13.1. The number of Topliss-reactive ketones (excluding diaryl/α,β-unsaturated/α-hetero) is 1. The van der Waals surface area contributed by atoms with Crippen molar-refractivity contribution >= 4 is 12.1 Å². The summed E-state index contributed by atoms with van der Waals surface area (Å²) < 4.78 is 0. The molecule has 0 bridgehead atoms. The van der Waals surface area contributed by atoms with Gasteiger partial charge >= 0.3 is 0 Å². The summed E-state index contributed by atoms with van der Waals surface area (Å²) in [7, 11) is 0. The first-order valence-electron chi connectivity index (χ1n) is 8.36. The van der Waals surface area contributed by atoms with Crippen LogP contribution in [0.25, 0.3) is 0 Å². The number of unbranched alkanes of at least 4 members (excludes halogenated alkanes) is 9. The lowest BCUT2D eigenvalue weighted by Gasteiger charge is -2.02. The Kier molecular flexibility index (Phi) is 10.3. The Morgan fingerprint density at radius 2 is 1.29 bits per heavy atom. The third-order valence-electron chi connectivity index (χ3n) is 3.82. The maximum atomic E-state index is 11.9. The van der Waals surface area contributed by atoms with E-state index in [1.54, 1.807) is 0 Å². The largest absolute Gasteiger partial charge is 0.303 e. The van der Waals surface area contributed by atoms with Gasteiger partial charge < -0.3 is 4.79 Å². The van der Waals surface area contributed by atoms with Gasteiger partial charge in [0.15, 0.2) is 5.78 Å². The van der Waals surface area contributed by atoms with Crippen molar-refractivity contribution in [2.75, 3.05) is 0 Å². The number of benzene rings is 1. The second-order valence-corrected chi connectivity index (χ2v) is 5.68. The number of carbonyl (C=O) groups excluding carboxylic acids is 2. The van der Waals surface area contributed by atoms with Gasteiger partial charge in [-0.15, -0.1) is 0 Å². The van der Waals surface area contributed by atoms with E-state index in [9.17, 15) is 9.59 Å². The van der Waals surface area contributed by atoms with Crippen molar-refractivity contribution in [3.63, 3.8) is 0 Å². The SMILES string of the molecule is O=CCCCCCCCCCCCC(=O)c1ccccc1. The molecule has 0 aliphatic rings. The highest BCUT2D eigenvalue weighted by atomic mass is 16.1. The van der Waals surface area contributed by atoms with Crippen LogP contribution in [0.3, 0.4) is 0 Å². The normalized spacial score (nSPS) is 10.5. The smallest absolute Gasteiger partial charge is 0.162 e. The highest BCUT2D eigenvalue weighted by molar-refractivity contribution is 5.95. The topological polar surface area (TPSA) is 34.1 Å². The highest BCUT2D eigenvalue weighted by Crippen LogP contribution is 2.12. The van der Waals surface area contributed by atoms with Gasteiger partial charge in [-0.1, -0.05) is 75.3 Å². The fourth-order valence-corrected chi connectivity index (χ4v) is 2.52. The van der Waals surface area contributed by atoms with Crippen molar-refractivity contribution in [3.05, 3.63) is 35.9 Å². The molecular formula is C19H28O2. The number of aldehydes is 1. The first-order chi connectivity index (χ1) is 10.3. The number of ketones is 1. The minimum absolute atomic E-state index is 0.269. The van der Waals surface area contributed by atoms with Crippen LogP contribution in [0.5, 0.6) is 0 Å². The van der Waals surface area contributed by atoms with E-state index in [4.69, 9.17) is 0 Å². The molecule has 0 aromatic heterocycles. The monoisotopic (exact) mass is 288 g/mol. The third-order valence-corrected chi connectivity index (χ3v) is 3.82. The number of carbonyl (C=O) groups is 2. The van der Waals surface area contributed by atoms with E-state index < -0.39 is 0 Å². The van der Waals surface area contributed by atoms with E-state index in [1.807, 2.05) is 30.3 Å². The number of hydrogen-bond acceptors (Lipinski definition) is 2. The zero-order chi connectivity index (χ0) is 15.2. The molecule has 116 valence electrons. The van der Waals surface area contributed by atoms with Gasteiger partial charge in [0.2, 0.25) is 0 Å². The van der Waals surface area contributed by atoms with Crippen molar-refractivity contribution in [2.45, 2.75) is 70.6 Å². The molecule has 1 aromatic carbocycles. The predicted octanol–water partition coefficient (Wildman–Crippen LogP) is 5.36. The van der Waals surface area contributed by atoms with Gasteiger partial charge in [-0.25, -0.2) is 0 Å². The molecule has 0 fully saturated rings. The maximum Gasteiger partial charge on any atom is 0.162 e. The van der Waals surface area contributed by atoms with Gasteiger partial charge in [-0.3, -0.25) is 4.79 Å². The quantitative estimate of drug-likeness (QED) is 0.278. The summed E-state index contributed by atoms with van der Waals surface area (Å²) in [6.45, 7) is 0. The van der Waals surface area contributed by atoms with Crippen molar-refractivity contribution in [2.24, 2.45) is 0 Å². The van der Waals surface area contributed by atoms with Gasteiger partial charge in [0.25, 0.3) is 0 Å². The molecule has 0 heterocycles. The lowest BCUT2D eigenvalue weighted by Crippen LogP contribution is -1.98. The molecule has 1 aromatic rings. The zero-order valence-electron chi connectivity index (χ0n) is 13.1. The average molecular weight is 288 g/mol. The lowest BCUT2D eigenvalue weighted by molar-refractivity contribution is -0.107. The molecule has 2 heteroatoms. The van der Waals surface area contributed by atoms with E-state index in [0.29, 0.717) is 6.42 Å². The summed E-state index contributed by atoms with van der Waals surface area (Å²) in [5.41, 5.74) is 0.841. The van der Waals surface area contributed by atoms with Crippen LogP contribution in [0.1, 0.15) is 81.0 Å². The van der Waals surface area contributed by atoms with Crippen LogP contribution in [0.15, 0.2) is 30.3 Å².